The molecule has 0 spiro atoms. The molecule has 0 bridgehead atoms. The van der Waals surface area contributed by atoms with Gasteiger partial charge in [0.1, 0.15) is 0 Å². The summed E-state index contributed by atoms with van der Waals surface area (Å²) < 4.78 is 1.98. The minimum atomic E-state index is -0.289. The number of aryl methyl sites for hydroxylation is 1. The molecule has 0 saturated heterocycles. The van der Waals surface area contributed by atoms with Crippen molar-refractivity contribution in [2.24, 2.45) is 0 Å². The van der Waals surface area contributed by atoms with Crippen LogP contribution in [-0.4, -0.2) is 26.4 Å². The molecule has 1 N–H and O–H groups in total. The van der Waals surface area contributed by atoms with E-state index in [0.29, 0.717) is 21.4 Å². The predicted molar refractivity (Wildman–Crippen MR) is 115 cm³/mol. The van der Waals surface area contributed by atoms with Crippen molar-refractivity contribution in [3.05, 3.63) is 69.5 Å². The van der Waals surface area contributed by atoms with Crippen molar-refractivity contribution in [1.82, 2.24) is 20.1 Å². The standard InChI is InChI=1S/C20H20Cl2N4OS/c1-3-9-28-20-25-24-18(26(20)15-6-4-5-13(2)10-15)12-23-19(27)16-8-7-14(21)11-17(16)22/h4-8,10-11H,3,9,12H2,1-2H3,(H,23,27). The predicted octanol–water partition coefficient (Wildman–Crippen LogP) is 5.31. The second-order valence-corrected chi connectivity index (χ2v) is 8.13. The molecular formula is C20H20Cl2N4OS. The molecule has 28 heavy (non-hydrogen) atoms. The zero-order chi connectivity index (χ0) is 20.1. The van der Waals surface area contributed by atoms with Crippen molar-refractivity contribution in [2.45, 2.75) is 32.0 Å². The number of carbonyl (C=O) groups excluding carboxylic acids is 1. The van der Waals surface area contributed by atoms with Crippen molar-refractivity contribution in [3.63, 3.8) is 0 Å². The Bertz CT molecular complexity index is 990. The van der Waals surface area contributed by atoms with E-state index in [1.807, 2.05) is 29.7 Å². The maximum Gasteiger partial charge on any atom is 0.253 e. The van der Waals surface area contributed by atoms with Crippen molar-refractivity contribution < 1.29 is 4.79 Å². The van der Waals surface area contributed by atoms with E-state index in [1.165, 1.54) is 0 Å². The van der Waals surface area contributed by atoms with Gasteiger partial charge in [0.2, 0.25) is 0 Å². The van der Waals surface area contributed by atoms with Gasteiger partial charge in [0.15, 0.2) is 11.0 Å². The summed E-state index contributed by atoms with van der Waals surface area (Å²) in [5.41, 5.74) is 2.48. The number of halogens is 2. The molecule has 146 valence electrons. The number of aromatic nitrogens is 3. The number of rotatable bonds is 7. The van der Waals surface area contributed by atoms with E-state index in [2.05, 4.69) is 28.5 Å². The van der Waals surface area contributed by atoms with Gasteiger partial charge < -0.3 is 5.32 Å². The van der Waals surface area contributed by atoms with Crippen molar-refractivity contribution in [2.75, 3.05) is 5.75 Å². The van der Waals surface area contributed by atoms with E-state index >= 15 is 0 Å². The van der Waals surface area contributed by atoms with Gasteiger partial charge in [-0.2, -0.15) is 0 Å². The Morgan fingerprint density at radius 1 is 1.18 bits per heavy atom. The smallest absolute Gasteiger partial charge is 0.253 e. The zero-order valence-electron chi connectivity index (χ0n) is 15.6. The minimum absolute atomic E-state index is 0.228. The first-order chi connectivity index (χ1) is 13.5. The summed E-state index contributed by atoms with van der Waals surface area (Å²) in [7, 11) is 0. The summed E-state index contributed by atoms with van der Waals surface area (Å²) in [4.78, 5) is 12.5. The van der Waals surface area contributed by atoms with Crippen LogP contribution >= 0.6 is 35.0 Å². The summed E-state index contributed by atoms with van der Waals surface area (Å²) >= 11 is 13.7. The molecule has 3 rings (SSSR count). The van der Waals surface area contributed by atoms with Crippen LogP contribution in [0.1, 0.15) is 35.1 Å². The zero-order valence-corrected chi connectivity index (χ0v) is 17.9. The number of nitrogens with one attached hydrogen (secondary N) is 1. The lowest BCUT2D eigenvalue weighted by molar-refractivity contribution is 0.0950. The van der Waals surface area contributed by atoms with Crippen LogP contribution in [0.15, 0.2) is 47.6 Å². The lowest BCUT2D eigenvalue weighted by Crippen LogP contribution is -2.25. The third kappa shape index (κ3) is 4.87. The van der Waals surface area contributed by atoms with E-state index in [0.717, 1.165) is 28.6 Å². The maximum absolute atomic E-state index is 12.5. The third-order valence-electron chi connectivity index (χ3n) is 3.98. The first kappa shape index (κ1) is 20.7. The molecule has 0 unspecified atom stereocenters. The highest BCUT2D eigenvalue weighted by molar-refractivity contribution is 7.99. The van der Waals surface area contributed by atoms with Crippen LogP contribution in [-0.2, 0) is 6.54 Å². The van der Waals surface area contributed by atoms with Gasteiger partial charge in [-0.15, -0.1) is 10.2 Å². The van der Waals surface area contributed by atoms with Crippen molar-refractivity contribution >= 4 is 40.9 Å². The lowest BCUT2D eigenvalue weighted by Gasteiger charge is -2.12. The molecule has 0 atom stereocenters. The Balaban J connectivity index is 1.85. The van der Waals surface area contributed by atoms with E-state index in [4.69, 9.17) is 23.2 Å². The average molecular weight is 435 g/mol. The van der Waals surface area contributed by atoms with Crippen LogP contribution in [0.25, 0.3) is 5.69 Å². The second kappa shape index (κ2) is 9.45. The quantitative estimate of drug-likeness (QED) is 0.511. The molecule has 0 aliphatic heterocycles. The van der Waals surface area contributed by atoms with Gasteiger partial charge >= 0.3 is 0 Å². The van der Waals surface area contributed by atoms with Crippen LogP contribution in [0.5, 0.6) is 0 Å². The fraction of sp³-hybridized carbons (Fsp3) is 0.250. The molecular weight excluding hydrogens is 415 g/mol. The Labute approximate surface area is 178 Å². The monoisotopic (exact) mass is 434 g/mol. The first-order valence-corrected chi connectivity index (χ1v) is 10.6. The summed E-state index contributed by atoms with van der Waals surface area (Å²) in [5, 5.41) is 13.1. The maximum atomic E-state index is 12.5. The average Bonchev–Trinajstić information content (AvgIpc) is 3.07. The summed E-state index contributed by atoms with van der Waals surface area (Å²) in [5.74, 6) is 1.31. The molecule has 3 aromatic rings. The van der Waals surface area contributed by atoms with Gasteiger partial charge in [-0.1, -0.05) is 54.0 Å². The van der Waals surface area contributed by atoms with Crippen LogP contribution in [0.2, 0.25) is 10.0 Å². The molecule has 0 fully saturated rings. The number of benzene rings is 2. The van der Waals surface area contributed by atoms with Crippen molar-refractivity contribution in [1.29, 1.82) is 0 Å². The molecule has 0 aliphatic rings. The Hall–Kier alpha value is -2.02. The lowest BCUT2D eigenvalue weighted by atomic mass is 10.2. The Morgan fingerprint density at radius 3 is 2.71 bits per heavy atom. The number of carbonyl (C=O) groups is 1. The largest absolute Gasteiger partial charge is 0.345 e. The summed E-state index contributed by atoms with van der Waals surface area (Å²) in [6.07, 6.45) is 1.03. The van der Waals surface area contributed by atoms with Gasteiger partial charge in [-0.05, 0) is 49.2 Å². The summed E-state index contributed by atoms with van der Waals surface area (Å²) in [6.45, 7) is 4.39. The van der Waals surface area contributed by atoms with Gasteiger partial charge in [0.25, 0.3) is 5.91 Å². The molecule has 1 heterocycles. The van der Waals surface area contributed by atoms with Gasteiger partial charge in [0.05, 0.1) is 17.1 Å². The van der Waals surface area contributed by atoms with Crippen LogP contribution in [0, 0.1) is 6.92 Å². The molecule has 5 nitrogen and oxygen atoms in total. The van der Waals surface area contributed by atoms with E-state index in [9.17, 15) is 4.79 Å². The second-order valence-electron chi connectivity index (χ2n) is 6.23. The minimum Gasteiger partial charge on any atom is -0.345 e. The van der Waals surface area contributed by atoms with Gasteiger partial charge in [-0.25, -0.2) is 0 Å². The highest BCUT2D eigenvalue weighted by Gasteiger charge is 2.17. The summed E-state index contributed by atoms with van der Waals surface area (Å²) in [6, 6.07) is 12.9. The molecule has 0 aliphatic carbocycles. The number of thioether (sulfide) groups is 1. The van der Waals surface area contributed by atoms with Gasteiger partial charge in [0, 0.05) is 16.5 Å². The molecule has 1 aromatic heterocycles. The molecule has 2 aromatic carbocycles. The number of nitrogens with zero attached hydrogens (tertiary/aromatic N) is 3. The SMILES string of the molecule is CCCSc1nnc(CNC(=O)c2ccc(Cl)cc2Cl)n1-c1cccc(C)c1. The Morgan fingerprint density at radius 2 is 2.00 bits per heavy atom. The normalized spacial score (nSPS) is 10.9. The fourth-order valence-corrected chi connectivity index (χ4v) is 3.98. The molecule has 0 saturated carbocycles. The van der Waals surface area contributed by atoms with E-state index in [-0.39, 0.29) is 12.5 Å². The van der Waals surface area contributed by atoms with Crippen molar-refractivity contribution in [3.8, 4) is 5.69 Å². The molecule has 0 radical (unpaired) electrons. The van der Waals surface area contributed by atoms with E-state index < -0.39 is 0 Å². The highest BCUT2D eigenvalue weighted by atomic mass is 35.5. The Kier molecular flexibility index (Phi) is 6.99. The van der Waals surface area contributed by atoms with Crippen LogP contribution < -0.4 is 5.32 Å². The number of hydrogen-bond donors (Lipinski definition) is 1. The van der Waals surface area contributed by atoms with Crippen LogP contribution in [0.3, 0.4) is 0 Å². The molecule has 1 amide bonds. The fourth-order valence-electron chi connectivity index (χ4n) is 2.66. The third-order valence-corrected chi connectivity index (χ3v) is 5.66. The van der Waals surface area contributed by atoms with Gasteiger partial charge in [-0.3, -0.25) is 9.36 Å². The number of amides is 1. The molecule has 8 heteroatoms. The van der Waals surface area contributed by atoms with E-state index in [1.54, 1.807) is 30.0 Å². The van der Waals surface area contributed by atoms with Crippen LogP contribution in [0.4, 0.5) is 0 Å². The highest BCUT2D eigenvalue weighted by Crippen LogP contribution is 2.24. The first-order valence-electron chi connectivity index (χ1n) is 8.87. The topological polar surface area (TPSA) is 59.8 Å². The number of hydrogen-bond acceptors (Lipinski definition) is 4.